The van der Waals surface area contributed by atoms with Crippen molar-refractivity contribution in [2.75, 3.05) is 5.73 Å². The Morgan fingerprint density at radius 2 is 2.15 bits per heavy atom. The number of carbonyl (C=O) groups is 1. The highest BCUT2D eigenvalue weighted by Crippen LogP contribution is 2.14. The van der Waals surface area contributed by atoms with Gasteiger partial charge >= 0.3 is 0 Å². The van der Waals surface area contributed by atoms with Crippen molar-refractivity contribution in [1.82, 2.24) is 15.3 Å². The summed E-state index contributed by atoms with van der Waals surface area (Å²) < 4.78 is 0. The monoisotopic (exact) mass is 267 g/mol. The van der Waals surface area contributed by atoms with E-state index in [1.807, 2.05) is 6.07 Å². The number of nitrogens with two attached hydrogens (primary N) is 1. The molecule has 0 aliphatic carbocycles. The van der Waals surface area contributed by atoms with Crippen LogP contribution in [0.25, 0.3) is 0 Å². The molecule has 0 bridgehead atoms. The van der Waals surface area contributed by atoms with Gasteiger partial charge in [-0.15, -0.1) is 0 Å². The average molecular weight is 267 g/mol. The van der Waals surface area contributed by atoms with Crippen LogP contribution in [0.2, 0.25) is 0 Å². The summed E-state index contributed by atoms with van der Waals surface area (Å²) in [6.07, 6.45) is 3.11. The van der Waals surface area contributed by atoms with Gasteiger partial charge in [-0.1, -0.05) is 0 Å². The Balaban J connectivity index is 2.12. The number of nitriles is 1. The SMILES string of the molecule is Cc1nc(N)c(C#N)cc1CNC(=O)c1ccncc1. The molecule has 0 fully saturated rings. The number of amides is 1. The molecular weight excluding hydrogens is 254 g/mol. The summed E-state index contributed by atoms with van der Waals surface area (Å²) in [7, 11) is 0. The smallest absolute Gasteiger partial charge is 0.251 e. The zero-order chi connectivity index (χ0) is 14.5. The summed E-state index contributed by atoms with van der Waals surface area (Å²) in [5.74, 6) is -0.00339. The average Bonchev–Trinajstić information content (AvgIpc) is 2.47. The molecule has 100 valence electrons. The van der Waals surface area contributed by atoms with Gasteiger partial charge in [-0.05, 0) is 30.7 Å². The third kappa shape index (κ3) is 2.90. The third-order valence-electron chi connectivity index (χ3n) is 2.85. The number of carbonyl (C=O) groups excluding carboxylic acids is 1. The Morgan fingerprint density at radius 3 is 2.80 bits per heavy atom. The third-order valence-corrected chi connectivity index (χ3v) is 2.85. The van der Waals surface area contributed by atoms with Crippen molar-refractivity contribution in [2.24, 2.45) is 0 Å². The fourth-order valence-electron chi connectivity index (χ4n) is 1.71. The van der Waals surface area contributed by atoms with E-state index in [-0.39, 0.29) is 18.3 Å². The topological polar surface area (TPSA) is 105 Å². The molecule has 0 aliphatic heterocycles. The van der Waals surface area contributed by atoms with E-state index in [0.717, 1.165) is 5.56 Å². The van der Waals surface area contributed by atoms with Crippen LogP contribution in [0.3, 0.4) is 0 Å². The van der Waals surface area contributed by atoms with Gasteiger partial charge in [0.1, 0.15) is 11.9 Å². The number of nitrogens with zero attached hydrogens (tertiary/aromatic N) is 3. The van der Waals surface area contributed by atoms with E-state index in [2.05, 4.69) is 15.3 Å². The van der Waals surface area contributed by atoms with Crippen LogP contribution in [-0.4, -0.2) is 15.9 Å². The molecule has 0 unspecified atom stereocenters. The number of nitrogens with one attached hydrogen (secondary N) is 1. The quantitative estimate of drug-likeness (QED) is 0.868. The van der Waals surface area contributed by atoms with Gasteiger partial charge in [0.15, 0.2) is 0 Å². The van der Waals surface area contributed by atoms with E-state index in [1.54, 1.807) is 37.5 Å². The number of hydrogen-bond donors (Lipinski definition) is 2. The second-order valence-electron chi connectivity index (χ2n) is 4.20. The molecule has 2 rings (SSSR count). The Bertz CT molecular complexity index is 676. The number of pyridine rings is 2. The maximum atomic E-state index is 11.9. The first-order valence-electron chi connectivity index (χ1n) is 5.96. The number of rotatable bonds is 3. The maximum Gasteiger partial charge on any atom is 0.251 e. The van der Waals surface area contributed by atoms with E-state index in [1.165, 1.54) is 0 Å². The maximum absolute atomic E-state index is 11.9. The first-order chi connectivity index (χ1) is 9.61. The van der Waals surface area contributed by atoms with Gasteiger partial charge in [-0.25, -0.2) is 4.98 Å². The minimum absolute atomic E-state index is 0.203. The lowest BCUT2D eigenvalue weighted by Crippen LogP contribution is -2.23. The molecular formula is C14H13N5O. The van der Waals surface area contributed by atoms with Crippen LogP contribution in [0.4, 0.5) is 5.82 Å². The van der Waals surface area contributed by atoms with E-state index in [0.29, 0.717) is 16.8 Å². The number of anilines is 1. The van der Waals surface area contributed by atoms with E-state index >= 15 is 0 Å². The van der Waals surface area contributed by atoms with Crippen molar-refractivity contribution in [3.63, 3.8) is 0 Å². The molecule has 1 amide bonds. The van der Waals surface area contributed by atoms with Crippen molar-refractivity contribution in [2.45, 2.75) is 13.5 Å². The van der Waals surface area contributed by atoms with Crippen LogP contribution in [-0.2, 0) is 6.54 Å². The molecule has 0 atom stereocenters. The normalized spacial score (nSPS) is 9.80. The highest BCUT2D eigenvalue weighted by Gasteiger charge is 2.09. The highest BCUT2D eigenvalue weighted by molar-refractivity contribution is 5.93. The number of aryl methyl sites for hydroxylation is 1. The number of hydrogen-bond acceptors (Lipinski definition) is 5. The fourth-order valence-corrected chi connectivity index (χ4v) is 1.71. The molecule has 2 aromatic rings. The van der Waals surface area contributed by atoms with Crippen LogP contribution in [0.15, 0.2) is 30.6 Å². The fraction of sp³-hybridized carbons (Fsp3) is 0.143. The summed E-state index contributed by atoms with van der Waals surface area (Å²) >= 11 is 0. The van der Waals surface area contributed by atoms with Crippen molar-refractivity contribution in [3.05, 3.63) is 53.0 Å². The number of aromatic nitrogens is 2. The molecule has 2 aromatic heterocycles. The summed E-state index contributed by atoms with van der Waals surface area (Å²) in [5, 5.41) is 11.7. The van der Waals surface area contributed by atoms with Gasteiger partial charge in [-0.3, -0.25) is 9.78 Å². The molecule has 20 heavy (non-hydrogen) atoms. The molecule has 0 radical (unpaired) electrons. The van der Waals surface area contributed by atoms with Gasteiger partial charge in [0.2, 0.25) is 0 Å². The lowest BCUT2D eigenvalue weighted by molar-refractivity contribution is 0.0950. The van der Waals surface area contributed by atoms with Crippen molar-refractivity contribution >= 4 is 11.7 Å². The van der Waals surface area contributed by atoms with Gasteiger partial charge in [0.25, 0.3) is 5.91 Å². The standard InChI is InChI=1S/C14H13N5O/c1-9-12(6-11(7-15)13(16)19-9)8-18-14(20)10-2-4-17-5-3-10/h2-6H,8H2,1H3,(H2,16,19)(H,18,20). The van der Waals surface area contributed by atoms with E-state index in [9.17, 15) is 4.79 Å². The lowest BCUT2D eigenvalue weighted by Gasteiger charge is -2.09. The molecule has 0 aliphatic rings. The molecule has 6 nitrogen and oxygen atoms in total. The van der Waals surface area contributed by atoms with Gasteiger partial charge < -0.3 is 11.1 Å². The van der Waals surface area contributed by atoms with Crippen molar-refractivity contribution < 1.29 is 4.79 Å². The molecule has 2 heterocycles. The molecule has 0 saturated carbocycles. The van der Waals surface area contributed by atoms with E-state index < -0.39 is 0 Å². The molecule has 0 aromatic carbocycles. The van der Waals surface area contributed by atoms with Crippen LogP contribution >= 0.6 is 0 Å². The second-order valence-corrected chi connectivity index (χ2v) is 4.20. The lowest BCUT2D eigenvalue weighted by atomic mass is 10.1. The number of nitrogen functional groups attached to an aromatic ring is 1. The van der Waals surface area contributed by atoms with Crippen LogP contribution < -0.4 is 11.1 Å². The second kappa shape index (κ2) is 5.80. The van der Waals surface area contributed by atoms with Gasteiger partial charge in [0, 0.05) is 30.2 Å². The first kappa shape index (κ1) is 13.5. The minimum Gasteiger partial charge on any atom is -0.383 e. The molecule has 3 N–H and O–H groups in total. The molecule has 0 spiro atoms. The summed E-state index contributed by atoms with van der Waals surface area (Å²) in [5.41, 5.74) is 7.91. The first-order valence-corrected chi connectivity index (χ1v) is 5.96. The van der Waals surface area contributed by atoms with Gasteiger partial charge in [0.05, 0.1) is 5.56 Å². The van der Waals surface area contributed by atoms with Gasteiger partial charge in [-0.2, -0.15) is 5.26 Å². The molecule has 6 heteroatoms. The minimum atomic E-state index is -0.206. The zero-order valence-electron chi connectivity index (χ0n) is 10.9. The summed E-state index contributed by atoms with van der Waals surface area (Å²) in [6, 6.07) is 6.88. The summed E-state index contributed by atoms with van der Waals surface area (Å²) in [6.45, 7) is 2.07. The Kier molecular flexibility index (Phi) is 3.91. The van der Waals surface area contributed by atoms with E-state index in [4.69, 9.17) is 11.0 Å². The largest absolute Gasteiger partial charge is 0.383 e. The predicted molar refractivity (Wildman–Crippen MR) is 73.5 cm³/mol. The Hall–Kier alpha value is -2.94. The van der Waals surface area contributed by atoms with Crippen LogP contribution in [0, 0.1) is 18.3 Å². The zero-order valence-corrected chi connectivity index (χ0v) is 10.9. The highest BCUT2D eigenvalue weighted by atomic mass is 16.1. The summed E-state index contributed by atoms with van der Waals surface area (Å²) in [4.78, 5) is 19.8. The molecule has 0 saturated heterocycles. The Labute approximate surface area is 116 Å². The predicted octanol–water partition coefficient (Wildman–Crippen LogP) is 1.17. The Morgan fingerprint density at radius 1 is 1.45 bits per heavy atom. The van der Waals surface area contributed by atoms with Crippen LogP contribution in [0.1, 0.15) is 27.2 Å². The van der Waals surface area contributed by atoms with Crippen molar-refractivity contribution in [1.29, 1.82) is 5.26 Å². The van der Waals surface area contributed by atoms with Crippen LogP contribution in [0.5, 0.6) is 0 Å². The van der Waals surface area contributed by atoms with Crippen molar-refractivity contribution in [3.8, 4) is 6.07 Å².